The number of fused-ring (bicyclic) bond motifs is 7. The van der Waals surface area contributed by atoms with Crippen molar-refractivity contribution in [1.29, 1.82) is 0 Å². The molecule has 5 aliphatic rings. The van der Waals surface area contributed by atoms with Crippen molar-refractivity contribution in [1.82, 2.24) is 25.2 Å². The van der Waals surface area contributed by atoms with Crippen molar-refractivity contribution in [2.75, 3.05) is 37.7 Å². The third-order valence-electron chi connectivity index (χ3n) is 11.3. The molecule has 1 N–H and O–H groups in total. The Bertz CT molecular complexity index is 2160. The van der Waals surface area contributed by atoms with Gasteiger partial charge in [0.1, 0.15) is 53.4 Å². The van der Waals surface area contributed by atoms with E-state index in [9.17, 15) is 9.18 Å². The summed E-state index contributed by atoms with van der Waals surface area (Å²) in [7, 11) is 0. The summed E-state index contributed by atoms with van der Waals surface area (Å²) < 4.78 is 65.6. The standard InChI is InChI=1S/C38H37F3N6O4/c1-4-24-26(40)8-6-20-12-23(51-36(48)19(2)3)13-25(29(20)24)32-31(41)33-30-34(47-16-22-7-9-27(42-22)28(47)17-49-35(30)43-32)45-37(44-33)50-18-38-10-5-11-46(38)15-21(39)14-38/h1,6,8,12-13,19,21-22,27-28,42H,5,7,9-11,14-18H2,2-3H3/t21-,22-,27+,28-,38+/m1/s1. The lowest BCUT2D eigenvalue weighted by molar-refractivity contribution is -0.137. The van der Waals surface area contributed by atoms with Crippen molar-refractivity contribution in [3.8, 4) is 41.2 Å². The second-order valence-electron chi connectivity index (χ2n) is 14.8. The molecule has 5 aliphatic heterocycles. The second kappa shape index (κ2) is 12.0. The fraction of sp³-hybridized carbons (Fsp3) is 0.474. The van der Waals surface area contributed by atoms with Gasteiger partial charge in [0.25, 0.3) is 0 Å². The summed E-state index contributed by atoms with van der Waals surface area (Å²) in [5.74, 6) is 0.665. The molecule has 0 unspecified atom stereocenters. The number of carbonyl (C=O) groups is 1. The Hall–Kier alpha value is -4.67. The van der Waals surface area contributed by atoms with Crippen LogP contribution in [0.15, 0.2) is 24.3 Å². The molecule has 0 amide bonds. The Labute approximate surface area is 292 Å². The Morgan fingerprint density at radius 2 is 2.04 bits per heavy atom. The molecule has 4 aromatic rings. The van der Waals surface area contributed by atoms with Gasteiger partial charge in [-0.15, -0.1) is 6.42 Å². The van der Waals surface area contributed by atoms with E-state index >= 15 is 8.78 Å². The van der Waals surface area contributed by atoms with Gasteiger partial charge in [0.15, 0.2) is 5.82 Å². The monoisotopic (exact) mass is 698 g/mol. The molecule has 2 aromatic carbocycles. The van der Waals surface area contributed by atoms with E-state index in [1.165, 1.54) is 18.2 Å². The zero-order valence-corrected chi connectivity index (χ0v) is 28.3. The van der Waals surface area contributed by atoms with E-state index in [0.29, 0.717) is 36.1 Å². The van der Waals surface area contributed by atoms with Crippen LogP contribution in [0, 0.1) is 29.9 Å². The number of terminal acetylenes is 1. The lowest BCUT2D eigenvalue weighted by Crippen LogP contribution is -2.60. The van der Waals surface area contributed by atoms with Gasteiger partial charge in [-0.3, -0.25) is 9.69 Å². The predicted octanol–water partition coefficient (Wildman–Crippen LogP) is 5.32. The smallest absolute Gasteiger partial charge is 0.319 e. The minimum absolute atomic E-state index is 0.0330. The van der Waals surface area contributed by atoms with Gasteiger partial charge in [0, 0.05) is 42.5 Å². The number of anilines is 1. The quantitative estimate of drug-likeness (QED) is 0.162. The normalized spacial score (nSPS) is 26.6. The number of piperazine rings is 1. The molecule has 4 fully saturated rings. The van der Waals surface area contributed by atoms with Crippen molar-refractivity contribution in [3.05, 3.63) is 41.5 Å². The van der Waals surface area contributed by atoms with Crippen molar-refractivity contribution < 1.29 is 32.2 Å². The van der Waals surface area contributed by atoms with Crippen LogP contribution in [0.5, 0.6) is 17.6 Å². The lowest BCUT2D eigenvalue weighted by Gasteiger charge is -2.40. The molecule has 0 aliphatic carbocycles. The van der Waals surface area contributed by atoms with Crippen LogP contribution in [0.25, 0.3) is 32.9 Å². The van der Waals surface area contributed by atoms with Gasteiger partial charge in [-0.2, -0.15) is 9.97 Å². The topological polar surface area (TPSA) is 102 Å². The van der Waals surface area contributed by atoms with E-state index in [2.05, 4.69) is 26.0 Å². The van der Waals surface area contributed by atoms with Gasteiger partial charge < -0.3 is 24.4 Å². The van der Waals surface area contributed by atoms with Crippen LogP contribution in [0.3, 0.4) is 0 Å². The third-order valence-corrected chi connectivity index (χ3v) is 11.3. The molecule has 7 heterocycles. The number of carbonyl (C=O) groups excluding carboxylic acids is 1. The average Bonchev–Trinajstić information content (AvgIpc) is 3.75. The Balaban J connectivity index is 1.25. The van der Waals surface area contributed by atoms with E-state index in [0.717, 1.165) is 32.2 Å². The highest BCUT2D eigenvalue weighted by Gasteiger charge is 2.50. The van der Waals surface area contributed by atoms with Gasteiger partial charge >= 0.3 is 12.0 Å². The number of alkyl halides is 1. The molecule has 2 bridgehead atoms. The molecule has 13 heteroatoms. The van der Waals surface area contributed by atoms with Crippen LogP contribution in [0.1, 0.15) is 51.5 Å². The largest absolute Gasteiger partial charge is 0.475 e. The number of pyridine rings is 1. The maximum Gasteiger partial charge on any atom is 0.319 e. The highest BCUT2D eigenvalue weighted by molar-refractivity contribution is 6.04. The number of rotatable bonds is 6. The summed E-state index contributed by atoms with van der Waals surface area (Å²) in [6.45, 7) is 5.59. The molecule has 5 atom stereocenters. The number of ether oxygens (including phenoxy) is 3. The molecule has 0 spiro atoms. The molecule has 0 saturated carbocycles. The zero-order chi connectivity index (χ0) is 35.2. The van der Waals surface area contributed by atoms with Gasteiger partial charge in [0.05, 0.1) is 23.1 Å². The number of nitrogens with one attached hydrogen (secondary N) is 1. The van der Waals surface area contributed by atoms with Crippen LogP contribution in [-0.4, -0.2) is 88.5 Å². The summed E-state index contributed by atoms with van der Waals surface area (Å²) in [6.07, 6.45) is 8.90. The number of benzene rings is 2. The SMILES string of the molecule is C#Cc1c(F)ccc2cc(OC(=O)C(C)C)cc(-c3nc4c5c(nc(OC[C@@]67CCCN6C[C@H](F)C7)nc5c3F)N3C[C@H]5CC[C@H](N5)[C@H]3CO4)c12. The summed E-state index contributed by atoms with van der Waals surface area (Å²) in [6, 6.07) is 5.92. The van der Waals surface area contributed by atoms with Crippen molar-refractivity contribution in [2.24, 2.45) is 5.92 Å². The van der Waals surface area contributed by atoms with Crippen molar-refractivity contribution in [2.45, 2.75) is 75.8 Å². The van der Waals surface area contributed by atoms with Gasteiger partial charge in [-0.1, -0.05) is 25.8 Å². The van der Waals surface area contributed by atoms with E-state index in [4.69, 9.17) is 30.6 Å². The van der Waals surface area contributed by atoms with E-state index in [1.807, 2.05) is 0 Å². The van der Waals surface area contributed by atoms with Crippen LogP contribution in [0.4, 0.5) is 19.0 Å². The fourth-order valence-electron chi connectivity index (χ4n) is 8.84. The Morgan fingerprint density at radius 3 is 2.86 bits per heavy atom. The van der Waals surface area contributed by atoms with Crippen molar-refractivity contribution >= 4 is 33.5 Å². The maximum atomic E-state index is 17.4. The fourth-order valence-corrected chi connectivity index (χ4v) is 8.84. The Kier molecular flexibility index (Phi) is 7.56. The first-order valence-corrected chi connectivity index (χ1v) is 17.7. The number of nitrogens with zero attached hydrogens (tertiary/aromatic N) is 5. The molecular weight excluding hydrogens is 661 g/mol. The van der Waals surface area contributed by atoms with Crippen LogP contribution >= 0.6 is 0 Å². The minimum atomic E-state index is -0.943. The highest BCUT2D eigenvalue weighted by Crippen LogP contribution is 2.46. The van der Waals surface area contributed by atoms with E-state index in [1.54, 1.807) is 19.9 Å². The van der Waals surface area contributed by atoms with Gasteiger partial charge in [0.2, 0.25) is 5.88 Å². The van der Waals surface area contributed by atoms with Crippen LogP contribution < -0.4 is 24.4 Å². The molecule has 2 aromatic heterocycles. The molecule has 0 radical (unpaired) electrons. The first kappa shape index (κ1) is 32.3. The summed E-state index contributed by atoms with van der Waals surface area (Å²) in [5, 5.41) is 4.62. The Morgan fingerprint density at radius 1 is 1.18 bits per heavy atom. The lowest BCUT2D eigenvalue weighted by atomic mass is 9.95. The van der Waals surface area contributed by atoms with E-state index < -0.39 is 35.2 Å². The number of halogens is 3. The second-order valence-corrected chi connectivity index (χ2v) is 14.8. The average molecular weight is 699 g/mol. The highest BCUT2D eigenvalue weighted by atomic mass is 19.1. The summed E-state index contributed by atoms with van der Waals surface area (Å²) in [4.78, 5) is 31.2. The number of hydrogen-bond acceptors (Lipinski definition) is 10. The van der Waals surface area contributed by atoms with E-state index in [-0.39, 0.29) is 76.7 Å². The molecule has 51 heavy (non-hydrogen) atoms. The minimum Gasteiger partial charge on any atom is -0.475 e. The molecule has 10 nitrogen and oxygen atoms in total. The van der Waals surface area contributed by atoms with Crippen molar-refractivity contribution in [3.63, 3.8) is 0 Å². The number of hydrogen-bond donors (Lipinski definition) is 1. The summed E-state index contributed by atoms with van der Waals surface area (Å²) >= 11 is 0. The van der Waals surface area contributed by atoms with Gasteiger partial charge in [-0.05, 0) is 55.8 Å². The molecule has 9 rings (SSSR count). The maximum absolute atomic E-state index is 17.4. The van der Waals surface area contributed by atoms with Crippen LogP contribution in [-0.2, 0) is 4.79 Å². The third kappa shape index (κ3) is 5.17. The summed E-state index contributed by atoms with van der Waals surface area (Å²) in [5.41, 5.74) is -0.753. The number of esters is 1. The number of aromatic nitrogens is 3. The zero-order valence-electron chi connectivity index (χ0n) is 28.3. The molecule has 264 valence electrons. The van der Waals surface area contributed by atoms with Crippen LogP contribution in [0.2, 0.25) is 0 Å². The first-order chi connectivity index (χ1) is 24.6. The predicted molar refractivity (Wildman–Crippen MR) is 184 cm³/mol. The van der Waals surface area contributed by atoms with Gasteiger partial charge in [-0.25, -0.2) is 18.2 Å². The first-order valence-electron chi connectivity index (χ1n) is 17.7. The molecular formula is C38H37F3N6O4. The molecule has 4 saturated heterocycles.